The Morgan fingerprint density at radius 1 is 1.14 bits per heavy atom. The molecule has 0 amide bonds. The summed E-state index contributed by atoms with van der Waals surface area (Å²) in [4.78, 5) is 11.4. The molecule has 0 spiro atoms. The molecule has 0 atom stereocenters. The first-order chi connectivity index (χ1) is 17.1. The molecule has 1 aliphatic rings. The second kappa shape index (κ2) is 11.0. The van der Waals surface area contributed by atoms with E-state index in [9.17, 15) is 13.0 Å². The summed E-state index contributed by atoms with van der Waals surface area (Å²) in [5, 5.41) is 2.37. The van der Waals surface area contributed by atoms with Gasteiger partial charge >= 0.3 is 5.65 Å². The van der Waals surface area contributed by atoms with Gasteiger partial charge in [-0.2, -0.15) is 0 Å². The topological polar surface area (TPSA) is 90.1 Å². The zero-order valence-electron chi connectivity index (χ0n) is 19.6. The number of hydrogen-bond donors (Lipinski definition) is 0. The molecule has 0 N–H and O–H groups in total. The van der Waals surface area contributed by atoms with Gasteiger partial charge in [-0.25, -0.2) is 18.0 Å². The minimum absolute atomic E-state index is 0.178. The number of hydrogen-bond acceptors (Lipinski definition) is 8. The van der Waals surface area contributed by atoms with Gasteiger partial charge in [0.15, 0.2) is 5.82 Å². The molecule has 0 saturated heterocycles. The van der Waals surface area contributed by atoms with Crippen molar-refractivity contribution in [2.75, 3.05) is 11.4 Å². The van der Waals surface area contributed by atoms with E-state index >= 15 is 0 Å². The molecule has 188 valence electrons. The molecule has 0 aliphatic carbocycles. The molecule has 0 radical (unpaired) electrons. The number of fused-ring (bicyclic) bond motifs is 2. The molecule has 0 bridgehead atoms. The summed E-state index contributed by atoms with van der Waals surface area (Å²) >= 11 is 15.6. The molecule has 5 rings (SSSR count). The van der Waals surface area contributed by atoms with Gasteiger partial charge in [0.05, 0.1) is 26.0 Å². The minimum atomic E-state index is -4.27. The summed E-state index contributed by atoms with van der Waals surface area (Å²) in [5.74, 6) is 0.955. The van der Waals surface area contributed by atoms with Gasteiger partial charge in [0.1, 0.15) is 25.7 Å². The van der Waals surface area contributed by atoms with Crippen molar-refractivity contribution in [1.82, 2.24) is 9.97 Å². The molecule has 0 fully saturated rings. The van der Waals surface area contributed by atoms with Crippen LogP contribution >= 0.6 is 45.9 Å². The highest BCUT2D eigenvalue weighted by molar-refractivity contribution is 7.85. The number of pyridine rings is 1. The van der Waals surface area contributed by atoms with Crippen LogP contribution in [0.4, 0.5) is 5.82 Å². The van der Waals surface area contributed by atoms with Crippen molar-refractivity contribution in [3.05, 3.63) is 72.5 Å². The quantitative estimate of drug-likeness (QED) is 0.266. The van der Waals surface area contributed by atoms with Crippen molar-refractivity contribution >= 4 is 84.3 Å². The molecule has 7 nitrogen and oxygen atoms in total. The van der Waals surface area contributed by atoms with E-state index in [2.05, 4.69) is 23.3 Å². The van der Waals surface area contributed by atoms with Crippen molar-refractivity contribution in [3.63, 3.8) is 0 Å². The van der Waals surface area contributed by atoms with Gasteiger partial charge in [-0.1, -0.05) is 52.2 Å². The van der Waals surface area contributed by atoms with E-state index in [0.29, 0.717) is 0 Å². The fourth-order valence-corrected chi connectivity index (χ4v) is 6.51. The van der Waals surface area contributed by atoms with E-state index in [1.807, 2.05) is 37.5 Å². The minimum Gasteiger partial charge on any atom is -0.744 e. The highest BCUT2D eigenvalue weighted by atomic mass is 35.5. The van der Waals surface area contributed by atoms with E-state index in [-0.39, 0.29) is 4.90 Å². The van der Waals surface area contributed by atoms with Crippen LogP contribution < -0.4 is 18.7 Å². The van der Waals surface area contributed by atoms with E-state index in [4.69, 9.17) is 33.2 Å². The lowest BCUT2D eigenvalue weighted by Crippen LogP contribution is -2.32. The number of nitrogens with zero attached hydrogens (tertiary/aromatic N) is 4. The van der Waals surface area contributed by atoms with Crippen LogP contribution in [0.15, 0.2) is 52.7 Å². The summed E-state index contributed by atoms with van der Waals surface area (Å²) in [6.45, 7) is 7.65. The number of aryl methyl sites for hydroxylation is 2. The number of benzene rings is 1. The largest absolute Gasteiger partial charge is 0.744 e. The van der Waals surface area contributed by atoms with E-state index in [1.165, 1.54) is 12.1 Å². The standard InChI is InChI=1S/C17H15Cl2N4S2.C7H8O3S/c1-3-22-8-10(18)5-12-16(22)20-14(24-12)7-15-21-17-13(25-15)6-11(19)9-23(17)4-2;1-6-2-4-7(5-3-6)11(8,9)10/h5-9H,3-4H2,1-2H3;2-5H,1H3,(H,8,9,10)/q+1;/p-1. The lowest BCUT2D eigenvalue weighted by Gasteiger charge is -2.18. The van der Waals surface area contributed by atoms with E-state index < -0.39 is 10.1 Å². The molecule has 4 aromatic rings. The molecule has 3 aromatic heterocycles. The van der Waals surface area contributed by atoms with Gasteiger partial charge < -0.3 is 9.45 Å². The summed E-state index contributed by atoms with van der Waals surface area (Å²) < 4.78 is 36.3. The SMILES string of the molecule is CCN1C=C(Cl)C=c2s/c(=C\c3nc4c(cc(Cl)c[n+]4CC)s3)nc21.Cc1ccc(S(=O)(=O)[O-])cc1. The van der Waals surface area contributed by atoms with Crippen LogP contribution in [-0.2, 0) is 16.7 Å². The lowest BCUT2D eigenvalue weighted by molar-refractivity contribution is -0.669. The molecule has 12 heteroatoms. The maximum atomic E-state index is 10.4. The van der Waals surface area contributed by atoms with Gasteiger partial charge in [-0.15, -0.1) is 11.3 Å². The third-order valence-corrected chi connectivity index (χ3v) is 8.32. The summed E-state index contributed by atoms with van der Waals surface area (Å²) in [5.41, 5.74) is 1.88. The smallest absolute Gasteiger partial charge is 0.342 e. The van der Waals surface area contributed by atoms with Crippen LogP contribution in [0.2, 0.25) is 5.02 Å². The maximum Gasteiger partial charge on any atom is 0.342 e. The number of rotatable bonds is 4. The molecule has 1 aliphatic heterocycles. The lowest BCUT2D eigenvalue weighted by atomic mass is 10.2. The predicted molar refractivity (Wildman–Crippen MR) is 146 cm³/mol. The van der Waals surface area contributed by atoms with Crippen molar-refractivity contribution in [1.29, 1.82) is 0 Å². The maximum absolute atomic E-state index is 10.4. The Bertz CT molecular complexity index is 1680. The third-order valence-electron chi connectivity index (χ3n) is 5.18. The van der Waals surface area contributed by atoms with Crippen molar-refractivity contribution in [2.24, 2.45) is 0 Å². The molecular formula is C24H22Cl2N4O3S3. The number of thiazole rings is 2. The van der Waals surface area contributed by atoms with Gasteiger partial charge in [-0.05, 0) is 50.0 Å². The molecule has 1 aromatic carbocycles. The van der Waals surface area contributed by atoms with Crippen molar-refractivity contribution < 1.29 is 17.5 Å². The fraction of sp³-hybridized carbons (Fsp3) is 0.208. The first kappa shape index (κ1) is 26.7. The van der Waals surface area contributed by atoms with Gasteiger partial charge in [0.25, 0.3) is 0 Å². The van der Waals surface area contributed by atoms with Gasteiger partial charge in [0.2, 0.25) is 5.01 Å². The van der Waals surface area contributed by atoms with Crippen LogP contribution in [0.25, 0.3) is 22.5 Å². The van der Waals surface area contributed by atoms with Gasteiger partial charge in [-0.3, -0.25) is 0 Å². The Morgan fingerprint density at radius 2 is 1.86 bits per heavy atom. The number of halogens is 2. The van der Waals surface area contributed by atoms with E-state index in [1.54, 1.807) is 34.8 Å². The van der Waals surface area contributed by atoms with Crippen molar-refractivity contribution in [2.45, 2.75) is 32.2 Å². The third kappa shape index (κ3) is 6.13. The second-order valence-corrected chi connectivity index (χ2v) is 12.2. The average molecular weight is 582 g/mol. The second-order valence-electron chi connectivity index (χ2n) is 7.78. The number of aromatic nitrogens is 3. The highest BCUT2D eigenvalue weighted by Gasteiger charge is 2.17. The van der Waals surface area contributed by atoms with Crippen LogP contribution in [-0.4, -0.2) is 29.5 Å². The molecule has 0 saturated carbocycles. The first-order valence-corrected chi connectivity index (χ1v) is 14.7. The molecular weight excluding hydrogens is 559 g/mol. The monoisotopic (exact) mass is 580 g/mol. The number of allylic oxidation sites excluding steroid dienone is 1. The molecule has 36 heavy (non-hydrogen) atoms. The summed E-state index contributed by atoms with van der Waals surface area (Å²) in [6.07, 6.45) is 7.81. The fourth-order valence-electron chi connectivity index (χ4n) is 3.44. The summed E-state index contributed by atoms with van der Waals surface area (Å²) in [7, 11) is -4.27. The first-order valence-electron chi connectivity index (χ1n) is 10.9. The molecule has 4 heterocycles. The Morgan fingerprint density at radius 3 is 2.50 bits per heavy atom. The van der Waals surface area contributed by atoms with Crippen LogP contribution in [0, 0.1) is 6.92 Å². The van der Waals surface area contributed by atoms with Crippen molar-refractivity contribution in [3.8, 4) is 0 Å². The normalized spacial score (nSPS) is 13.7. The summed E-state index contributed by atoms with van der Waals surface area (Å²) in [6, 6.07) is 7.74. The zero-order valence-corrected chi connectivity index (χ0v) is 23.6. The number of anilines is 1. The van der Waals surface area contributed by atoms with Crippen LogP contribution in [0.3, 0.4) is 0 Å². The Balaban J connectivity index is 0.000000233. The van der Waals surface area contributed by atoms with E-state index in [0.717, 1.165) is 59.1 Å². The zero-order chi connectivity index (χ0) is 26.0. The Hall–Kier alpha value is -2.34. The average Bonchev–Trinajstić information content (AvgIpc) is 3.41. The van der Waals surface area contributed by atoms with Crippen LogP contribution in [0.1, 0.15) is 24.4 Å². The highest BCUT2D eigenvalue weighted by Crippen LogP contribution is 2.23. The molecule has 0 unspecified atom stereocenters. The Labute approximate surface area is 227 Å². The Kier molecular flexibility index (Phi) is 8.13. The van der Waals surface area contributed by atoms with Gasteiger partial charge in [0, 0.05) is 18.8 Å². The predicted octanol–water partition coefficient (Wildman–Crippen LogP) is 4.14. The van der Waals surface area contributed by atoms with Crippen LogP contribution in [0.5, 0.6) is 0 Å².